The highest BCUT2D eigenvalue weighted by molar-refractivity contribution is 6.31. The summed E-state index contributed by atoms with van der Waals surface area (Å²) in [6.07, 6.45) is 2.75. The Hall–Kier alpha value is -1.37. The molecular formula is C12H15Cl2N3O3. The van der Waals surface area contributed by atoms with Crippen molar-refractivity contribution >= 4 is 35.6 Å². The van der Waals surface area contributed by atoms with Crippen LogP contribution in [-0.4, -0.2) is 22.9 Å². The second kappa shape index (κ2) is 6.39. The number of hydrogen-bond donors (Lipinski definition) is 2. The van der Waals surface area contributed by atoms with E-state index in [4.69, 9.17) is 17.3 Å². The van der Waals surface area contributed by atoms with Crippen molar-refractivity contribution < 1.29 is 9.72 Å². The summed E-state index contributed by atoms with van der Waals surface area (Å²) < 4.78 is 0. The van der Waals surface area contributed by atoms with Crippen LogP contribution in [0.15, 0.2) is 18.2 Å². The summed E-state index contributed by atoms with van der Waals surface area (Å²) in [7, 11) is 0. The van der Waals surface area contributed by atoms with Gasteiger partial charge in [-0.1, -0.05) is 11.6 Å². The molecule has 1 aliphatic rings. The molecule has 0 atom stereocenters. The Morgan fingerprint density at radius 1 is 1.50 bits per heavy atom. The SMILES string of the molecule is Cl.NC1(CNC(=O)c2cc(Cl)ccc2[N+](=O)[O-])CCC1. The van der Waals surface area contributed by atoms with Crippen molar-refractivity contribution in [3.8, 4) is 0 Å². The fourth-order valence-electron chi connectivity index (χ4n) is 2.01. The zero-order valence-corrected chi connectivity index (χ0v) is 12.2. The topological polar surface area (TPSA) is 98.3 Å². The first-order valence-corrected chi connectivity index (χ1v) is 6.30. The molecule has 0 heterocycles. The third-order valence-corrected chi connectivity index (χ3v) is 3.59. The van der Waals surface area contributed by atoms with E-state index < -0.39 is 10.8 Å². The van der Waals surface area contributed by atoms with E-state index in [-0.39, 0.29) is 34.2 Å². The van der Waals surface area contributed by atoms with E-state index in [0.717, 1.165) is 19.3 Å². The lowest BCUT2D eigenvalue weighted by Crippen LogP contribution is -2.54. The molecule has 0 spiro atoms. The van der Waals surface area contributed by atoms with Gasteiger partial charge in [-0.2, -0.15) is 0 Å². The molecule has 1 aromatic rings. The number of carbonyl (C=O) groups excluding carboxylic acids is 1. The number of rotatable bonds is 4. The Bertz CT molecular complexity index is 533. The Morgan fingerprint density at radius 3 is 2.65 bits per heavy atom. The van der Waals surface area contributed by atoms with Gasteiger partial charge in [0, 0.05) is 23.2 Å². The van der Waals surface area contributed by atoms with Crippen LogP contribution in [0.1, 0.15) is 29.6 Å². The lowest BCUT2D eigenvalue weighted by atomic mass is 9.78. The Kier molecular flexibility index (Phi) is 5.33. The minimum absolute atomic E-state index is 0. The fourth-order valence-corrected chi connectivity index (χ4v) is 2.18. The molecule has 0 aliphatic heterocycles. The van der Waals surface area contributed by atoms with Crippen molar-refractivity contribution in [3.63, 3.8) is 0 Å². The molecule has 0 aromatic heterocycles. The lowest BCUT2D eigenvalue weighted by molar-refractivity contribution is -0.385. The van der Waals surface area contributed by atoms with Gasteiger partial charge in [-0.15, -0.1) is 12.4 Å². The number of nitro groups is 1. The summed E-state index contributed by atoms with van der Waals surface area (Å²) >= 11 is 5.77. The maximum atomic E-state index is 12.0. The maximum absolute atomic E-state index is 12.0. The zero-order valence-electron chi connectivity index (χ0n) is 10.6. The van der Waals surface area contributed by atoms with Gasteiger partial charge < -0.3 is 11.1 Å². The average molecular weight is 320 g/mol. The van der Waals surface area contributed by atoms with E-state index in [9.17, 15) is 14.9 Å². The van der Waals surface area contributed by atoms with Gasteiger partial charge in [0.2, 0.25) is 0 Å². The van der Waals surface area contributed by atoms with Crippen LogP contribution in [0.3, 0.4) is 0 Å². The van der Waals surface area contributed by atoms with Crippen LogP contribution in [0, 0.1) is 10.1 Å². The van der Waals surface area contributed by atoms with E-state index in [1.54, 1.807) is 0 Å². The minimum Gasteiger partial charge on any atom is -0.350 e. The molecule has 0 saturated heterocycles. The van der Waals surface area contributed by atoms with Crippen molar-refractivity contribution in [3.05, 3.63) is 38.9 Å². The normalized spacial score (nSPS) is 15.7. The fraction of sp³-hybridized carbons (Fsp3) is 0.417. The second-order valence-corrected chi connectivity index (χ2v) is 5.25. The van der Waals surface area contributed by atoms with Crippen LogP contribution in [0.25, 0.3) is 0 Å². The molecule has 1 fully saturated rings. The van der Waals surface area contributed by atoms with Gasteiger partial charge in [0.15, 0.2) is 0 Å². The molecule has 8 heteroatoms. The van der Waals surface area contributed by atoms with Gasteiger partial charge in [0.05, 0.1) is 4.92 Å². The monoisotopic (exact) mass is 319 g/mol. The zero-order chi connectivity index (χ0) is 14.0. The van der Waals surface area contributed by atoms with Crippen molar-refractivity contribution in [1.82, 2.24) is 5.32 Å². The molecule has 0 radical (unpaired) electrons. The Morgan fingerprint density at radius 2 is 2.15 bits per heavy atom. The first-order valence-electron chi connectivity index (χ1n) is 5.92. The third-order valence-electron chi connectivity index (χ3n) is 3.35. The standard InChI is InChI=1S/C12H14ClN3O3.ClH/c13-8-2-3-10(16(18)19)9(6-8)11(17)15-7-12(14)4-1-5-12;/h2-3,6H,1,4-5,7,14H2,(H,15,17);1H. The van der Waals surface area contributed by atoms with Crippen LogP contribution in [-0.2, 0) is 0 Å². The average Bonchev–Trinajstić information content (AvgIpc) is 2.33. The first-order chi connectivity index (χ1) is 8.91. The number of hydrogen-bond acceptors (Lipinski definition) is 4. The third kappa shape index (κ3) is 3.59. The number of nitrogens with one attached hydrogen (secondary N) is 1. The molecule has 6 nitrogen and oxygen atoms in total. The predicted octanol–water partition coefficient (Wildman–Crippen LogP) is 2.28. The summed E-state index contributed by atoms with van der Waals surface area (Å²) in [6.45, 7) is 0.315. The van der Waals surface area contributed by atoms with Crippen molar-refractivity contribution in [2.45, 2.75) is 24.8 Å². The highest BCUT2D eigenvalue weighted by Gasteiger charge is 2.33. The number of carbonyl (C=O) groups is 1. The molecule has 110 valence electrons. The maximum Gasteiger partial charge on any atom is 0.282 e. The van der Waals surface area contributed by atoms with Gasteiger partial charge in [-0.05, 0) is 31.4 Å². The molecule has 1 aliphatic carbocycles. The number of halogens is 2. The van der Waals surface area contributed by atoms with E-state index >= 15 is 0 Å². The minimum atomic E-state index is -0.604. The summed E-state index contributed by atoms with van der Waals surface area (Å²) in [5.74, 6) is -0.522. The quantitative estimate of drug-likeness (QED) is 0.657. The van der Waals surface area contributed by atoms with Crippen molar-refractivity contribution in [1.29, 1.82) is 0 Å². The molecule has 0 bridgehead atoms. The van der Waals surface area contributed by atoms with Crippen molar-refractivity contribution in [2.24, 2.45) is 5.73 Å². The van der Waals surface area contributed by atoms with Crippen LogP contribution in [0.4, 0.5) is 5.69 Å². The first kappa shape index (κ1) is 16.7. The lowest BCUT2D eigenvalue weighted by Gasteiger charge is -2.38. The number of nitrogens with two attached hydrogens (primary N) is 1. The molecule has 0 unspecified atom stereocenters. The highest BCUT2D eigenvalue weighted by atomic mass is 35.5. The van der Waals surface area contributed by atoms with Gasteiger partial charge in [0.25, 0.3) is 11.6 Å². The second-order valence-electron chi connectivity index (χ2n) is 4.82. The highest BCUT2D eigenvalue weighted by Crippen LogP contribution is 2.28. The Balaban J connectivity index is 0.00000200. The summed E-state index contributed by atoms with van der Waals surface area (Å²) in [5, 5.41) is 13.8. The number of nitro benzene ring substituents is 1. The number of amides is 1. The van der Waals surface area contributed by atoms with Crippen LogP contribution in [0.5, 0.6) is 0 Å². The van der Waals surface area contributed by atoms with E-state index in [0.29, 0.717) is 6.54 Å². The van der Waals surface area contributed by atoms with Crippen LogP contribution < -0.4 is 11.1 Å². The molecule has 20 heavy (non-hydrogen) atoms. The Labute approximate surface area is 127 Å². The number of nitrogens with zero attached hydrogens (tertiary/aromatic N) is 1. The van der Waals surface area contributed by atoms with Gasteiger partial charge in [-0.25, -0.2) is 0 Å². The van der Waals surface area contributed by atoms with E-state index in [1.165, 1.54) is 18.2 Å². The van der Waals surface area contributed by atoms with Crippen molar-refractivity contribution in [2.75, 3.05) is 6.54 Å². The summed E-state index contributed by atoms with van der Waals surface area (Å²) in [6, 6.07) is 3.89. The van der Waals surface area contributed by atoms with E-state index in [2.05, 4.69) is 5.32 Å². The molecule has 1 amide bonds. The van der Waals surface area contributed by atoms with Crippen LogP contribution in [0.2, 0.25) is 5.02 Å². The van der Waals surface area contributed by atoms with E-state index in [1.807, 2.05) is 0 Å². The predicted molar refractivity (Wildman–Crippen MR) is 78.5 cm³/mol. The summed E-state index contributed by atoms with van der Waals surface area (Å²) in [4.78, 5) is 22.2. The molecule has 1 aromatic carbocycles. The van der Waals surface area contributed by atoms with Gasteiger partial charge in [-0.3, -0.25) is 14.9 Å². The van der Waals surface area contributed by atoms with Gasteiger partial charge in [0.1, 0.15) is 5.56 Å². The molecule has 3 N–H and O–H groups in total. The molecule has 2 rings (SSSR count). The summed E-state index contributed by atoms with van der Waals surface area (Å²) in [5.41, 5.74) is 5.31. The van der Waals surface area contributed by atoms with Gasteiger partial charge >= 0.3 is 0 Å². The largest absolute Gasteiger partial charge is 0.350 e. The molecule has 1 saturated carbocycles. The number of benzene rings is 1. The molecular weight excluding hydrogens is 305 g/mol. The smallest absolute Gasteiger partial charge is 0.282 e. The van der Waals surface area contributed by atoms with Crippen LogP contribution >= 0.6 is 24.0 Å².